The van der Waals surface area contributed by atoms with Gasteiger partial charge in [-0.1, -0.05) is 6.42 Å². The van der Waals surface area contributed by atoms with E-state index in [4.69, 9.17) is 5.73 Å². The van der Waals surface area contributed by atoms with Gasteiger partial charge in [0.1, 0.15) is 4.90 Å². The zero-order chi connectivity index (χ0) is 14.8. The maximum absolute atomic E-state index is 12.5. The highest BCUT2D eigenvalue weighted by atomic mass is 79.9. The summed E-state index contributed by atoms with van der Waals surface area (Å²) in [7, 11) is -3.46. The molecule has 2 rings (SSSR count). The number of thiophene rings is 1. The van der Waals surface area contributed by atoms with Gasteiger partial charge in [0.25, 0.3) is 0 Å². The maximum Gasteiger partial charge on any atom is 0.242 e. The van der Waals surface area contributed by atoms with Gasteiger partial charge in [0.2, 0.25) is 10.0 Å². The summed E-state index contributed by atoms with van der Waals surface area (Å²) in [5.74, 6) is 0. The number of hydrogen-bond acceptors (Lipinski definition) is 5. The highest BCUT2D eigenvalue weighted by Crippen LogP contribution is 2.33. The van der Waals surface area contributed by atoms with E-state index in [-0.39, 0.29) is 6.04 Å². The Hall–Kier alpha value is 0.400. The second kappa shape index (κ2) is 7.11. The summed E-state index contributed by atoms with van der Waals surface area (Å²) < 4.78 is 28.4. The predicted octanol–water partition coefficient (Wildman–Crippen LogP) is 2.92. The van der Waals surface area contributed by atoms with Gasteiger partial charge in [-0.25, -0.2) is 13.1 Å². The summed E-state index contributed by atoms with van der Waals surface area (Å²) >= 11 is 6.52. The Morgan fingerprint density at radius 3 is 2.90 bits per heavy atom. The van der Waals surface area contributed by atoms with E-state index in [0.29, 0.717) is 20.5 Å². The fourth-order valence-electron chi connectivity index (χ4n) is 2.43. The van der Waals surface area contributed by atoms with Gasteiger partial charge < -0.3 is 5.73 Å². The van der Waals surface area contributed by atoms with Gasteiger partial charge in [-0.2, -0.15) is 11.8 Å². The minimum Gasteiger partial charge on any atom is -0.326 e. The molecule has 2 atom stereocenters. The largest absolute Gasteiger partial charge is 0.326 e. The van der Waals surface area contributed by atoms with Gasteiger partial charge in [-0.3, -0.25) is 0 Å². The molecular formula is C12H19BrN2O2S3. The van der Waals surface area contributed by atoms with Crippen LogP contribution in [0.3, 0.4) is 0 Å². The van der Waals surface area contributed by atoms with Crippen molar-refractivity contribution in [3.05, 3.63) is 14.7 Å². The fraction of sp³-hybridized carbons (Fsp3) is 0.667. The first-order valence-corrected chi connectivity index (χ1v) is 10.9. The monoisotopic (exact) mass is 398 g/mol. The van der Waals surface area contributed by atoms with Crippen LogP contribution in [0, 0.1) is 0 Å². The lowest BCUT2D eigenvalue weighted by Gasteiger charge is -2.28. The summed E-state index contributed by atoms with van der Waals surface area (Å²) in [5.41, 5.74) is 5.57. The summed E-state index contributed by atoms with van der Waals surface area (Å²) in [4.78, 5) is 1.18. The molecule has 1 aromatic rings. The predicted molar refractivity (Wildman–Crippen MR) is 89.8 cm³/mol. The molecule has 1 aromatic heterocycles. The lowest BCUT2D eigenvalue weighted by atomic mass is 9.96. The lowest BCUT2D eigenvalue weighted by Crippen LogP contribution is -2.39. The summed E-state index contributed by atoms with van der Waals surface area (Å²) in [6.07, 6.45) is 6.18. The number of nitrogens with two attached hydrogens (primary N) is 1. The summed E-state index contributed by atoms with van der Waals surface area (Å²) in [6, 6.07) is 1.70. The van der Waals surface area contributed by atoms with Crippen molar-refractivity contribution in [2.75, 3.05) is 6.26 Å². The highest BCUT2D eigenvalue weighted by molar-refractivity contribution is 9.11. The summed E-state index contributed by atoms with van der Waals surface area (Å²) in [6.45, 7) is 0.358. The average Bonchev–Trinajstić information content (AvgIpc) is 2.80. The molecule has 1 heterocycles. The standard InChI is InChI=1S/C12H19BrN2O2S3/c1-18-9-4-2-3-8(5-9)15-20(16,17)11-6-10(7-14)19-12(11)13/h6,8-9,15H,2-5,7,14H2,1H3. The third-order valence-electron chi connectivity index (χ3n) is 3.48. The molecule has 0 saturated heterocycles. The number of nitrogens with one attached hydrogen (secondary N) is 1. The molecule has 1 aliphatic carbocycles. The fourth-order valence-corrected chi connectivity index (χ4v) is 7.10. The number of thioether (sulfide) groups is 1. The van der Waals surface area contributed by atoms with E-state index >= 15 is 0 Å². The van der Waals surface area contributed by atoms with Gasteiger partial charge in [-0.15, -0.1) is 11.3 Å². The molecule has 1 fully saturated rings. The molecule has 4 nitrogen and oxygen atoms in total. The van der Waals surface area contributed by atoms with E-state index < -0.39 is 10.0 Å². The van der Waals surface area contributed by atoms with Gasteiger partial charge in [0.05, 0.1) is 3.79 Å². The molecule has 3 N–H and O–H groups in total. The second-order valence-electron chi connectivity index (χ2n) is 4.90. The third kappa shape index (κ3) is 3.98. The third-order valence-corrected chi connectivity index (χ3v) is 8.37. The Morgan fingerprint density at radius 2 is 2.30 bits per heavy atom. The van der Waals surface area contributed by atoms with Crippen LogP contribution in [0.2, 0.25) is 0 Å². The molecule has 0 aromatic carbocycles. The average molecular weight is 399 g/mol. The van der Waals surface area contributed by atoms with Crippen molar-refractivity contribution < 1.29 is 8.42 Å². The van der Waals surface area contributed by atoms with E-state index in [0.717, 1.165) is 24.1 Å². The molecule has 0 amide bonds. The van der Waals surface area contributed by atoms with Crippen molar-refractivity contribution in [3.8, 4) is 0 Å². The molecule has 2 unspecified atom stereocenters. The number of sulfonamides is 1. The van der Waals surface area contributed by atoms with Crippen molar-refractivity contribution >= 4 is 49.1 Å². The van der Waals surface area contributed by atoms with Crippen LogP contribution in [0.15, 0.2) is 14.7 Å². The van der Waals surface area contributed by atoms with Gasteiger partial charge in [0.15, 0.2) is 0 Å². The minimum absolute atomic E-state index is 0.0410. The van der Waals surface area contributed by atoms with Crippen LogP contribution >= 0.6 is 39.0 Å². The molecular weight excluding hydrogens is 380 g/mol. The smallest absolute Gasteiger partial charge is 0.242 e. The van der Waals surface area contributed by atoms with E-state index in [2.05, 4.69) is 26.9 Å². The summed E-state index contributed by atoms with van der Waals surface area (Å²) in [5, 5.41) is 0.557. The molecule has 0 spiro atoms. The Morgan fingerprint density at radius 1 is 1.55 bits per heavy atom. The molecule has 20 heavy (non-hydrogen) atoms. The molecule has 1 aliphatic rings. The first-order chi connectivity index (χ1) is 9.46. The molecule has 1 saturated carbocycles. The van der Waals surface area contributed by atoms with Gasteiger partial charge in [-0.05, 0) is 47.5 Å². The molecule has 0 aliphatic heterocycles. The first kappa shape index (κ1) is 16.8. The van der Waals surface area contributed by atoms with Crippen LogP contribution in [0.4, 0.5) is 0 Å². The Kier molecular flexibility index (Phi) is 5.96. The van der Waals surface area contributed by atoms with Crippen LogP contribution in [0.1, 0.15) is 30.6 Å². The highest BCUT2D eigenvalue weighted by Gasteiger charge is 2.28. The number of halogens is 1. The van der Waals surface area contributed by atoms with Gasteiger partial charge in [0, 0.05) is 22.7 Å². The second-order valence-corrected chi connectivity index (χ2v) is 10.2. The van der Waals surface area contributed by atoms with E-state index in [1.807, 2.05) is 11.8 Å². The van der Waals surface area contributed by atoms with Crippen molar-refractivity contribution in [1.29, 1.82) is 0 Å². The zero-order valence-corrected chi connectivity index (χ0v) is 15.3. The van der Waals surface area contributed by atoms with Crippen LogP contribution in [0.25, 0.3) is 0 Å². The lowest BCUT2D eigenvalue weighted by molar-refractivity contribution is 0.421. The number of hydrogen-bond donors (Lipinski definition) is 2. The molecule has 0 bridgehead atoms. The van der Waals surface area contributed by atoms with Crippen molar-refractivity contribution in [2.24, 2.45) is 5.73 Å². The maximum atomic E-state index is 12.5. The molecule has 114 valence electrons. The van der Waals surface area contributed by atoms with Crippen molar-refractivity contribution in [1.82, 2.24) is 4.72 Å². The van der Waals surface area contributed by atoms with E-state index in [1.165, 1.54) is 17.8 Å². The topological polar surface area (TPSA) is 72.2 Å². The minimum atomic E-state index is -3.46. The van der Waals surface area contributed by atoms with Crippen LogP contribution in [0.5, 0.6) is 0 Å². The molecule has 8 heteroatoms. The number of rotatable bonds is 5. The van der Waals surface area contributed by atoms with Gasteiger partial charge >= 0.3 is 0 Å². The molecule has 0 radical (unpaired) electrons. The van der Waals surface area contributed by atoms with Crippen LogP contribution < -0.4 is 10.5 Å². The van der Waals surface area contributed by atoms with Crippen molar-refractivity contribution in [3.63, 3.8) is 0 Å². The Bertz CT molecular complexity index is 559. The van der Waals surface area contributed by atoms with E-state index in [1.54, 1.807) is 6.07 Å². The van der Waals surface area contributed by atoms with Crippen molar-refractivity contribution in [2.45, 2.75) is 48.4 Å². The SMILES string of the molecule is CSC1CCCC(NS(=O)(=O)c2cc(CN)sc2Br)C1. The van der Waals surface area contributed by atoms with Crippen LogP contribution in [-0.4, -0.2) is 26.0 Å². The Balaban J connectivity index is 2.12. The van der Waals surface area contributed by atoms with E-state index in [9.17, 15) is 8.42 Å². The zero-order valence-electron chi connectivity index (χ0n) is 11.3. The quantitative estimate of drug-likeness (QED) is 0.799. The first-order valence-electron chi connectivity index (χ1n) is 6.49. The normalized spacial score (nSPS) is 23.9. The Labute approximate surface area is 137 Å². The van der Waals surface area contributed by atoms with Crippen LogP contribution in [-0.2, 0) is 16.6 Å².